The number of nitriles is 1. The van der Waals surface area contributed by atoms with Crippen LogP contribution in [-0.2, 0) is 4.79 Å². The van der Waals surface area contributed by atoms with Crippen molar-refractivity contribution in [3.8, 4) is 6.07 Å². The number of amides is 2. The summed E-state index contributed by atoms with van der Waals surface area (Å²) in [6.07, 6.45) is 3.73. The van der Waals surface area contributed by atoms with Gasteiger partial charge in [-0.1, -0.05) is 18.6 Å². The molecule has 4 rings (SSSR count). The number of hydrogen-bond acceptors (Lipinski definition) is 5. The third kappa shape index (κ3) is 4.14. The van der Waals surface area contributed by atoms with E-state index in [-0.39, 0.29) is 17.2 Å². The fraction of sp³-hybridized carbons (Fsp3) is 0.520. The topological polar surface area (TPSA) is 80.5 Å². The number of carbonyl (C=O) groups excluding carboxylic acids is 2. The van der Waals surface area contributed by atoms with Gasteiger partial charge in [-0.15, -0.1) is 0 Å². The third-order valence-electron chi connectivity index (χ3n) is 6.90. The minimum absolute atomic E-state index is 0.0341. The Balaban J connectivity index is 1.67. The number of aryl methyl sites for hydroxylation is 1. The Morgan fingerprint density at radius 2 is 1.75 bits per heavy atom. The van der Waals surface area contributed by atoms with Gasteiger partial charge in [0.05, 0.1) is 28.3 Å². The monoisotopic (exact) mass is 433 g/mol. The van der Waals surface area contributed by atoms with Crippen LogP contribution in [0, 0.1) is 23.7 Å². The van der Waals surface area contributed by atoms with E-state index in [9.17, 15) is 14.9 Å². The molecular formula is C25H31N5O2. The Kier molecular flexibility index (Phi) is 6.05. The van der Waals surface area contributed by atoms with E-state index in [1.165, 1.54) is 0 Å². The molecule has 0 saturated carbocycles. The quantitative estimate of drug-likeness (QED) is 0.741. The minimum Gasteiger partial charge on any atom is -0.370 e. The molecule has 2 amide bonds. The number of carbonyl (C=O) groups is 2. The van der Waals surface area contributed by atoms with Gasteiger partial charge < -0.3 is 14.7 Å². The lowest BCUT2D eigenvalue weighted by Crippen LogP contribution is -2.50. The number of piperidine rings is 1. The number of piperazine rings is 1. The van der Waals surface area contributed by atoms with Crippen molar-refractivity contribution in [1.82, 2.24) is 14.8 Å². The first-order chi connectivity index (χ1) is 15.3. The second-order valence-corrected chi connectivity index (χ2v) is 9.23. The van der Waals surface area contributed by atoms with Gasteiger partial charge >= 0.3 is 0 Å². The third-order valence-corrected chi connectivity index (χ3v) is 6.90. The van der Waals surface area contributed by atoms with Gasteiger partial charge in [-0.05, 0) is 38.8 Å². The molecule has 0 aliphatic carbocycles. The Hall–Kier alpha value is -3.14. The first kappa shape index (κ1) is 22.1. The second-order valence-electron chi connectivity index (χ2n) is 9.23. The zero-order valence-electron chi connectivity index (χ0n) is 19.2. The highest BCUT2D eigenvalue weighted by atomic mass is 16.2. The van der Waals surface area contributed by atoms with Crippen LogP contribution in [0.1, 0.15) is 49.0 Å². The molecular weight excluding hydrogens is 402 g/mol. The first-order valence-corrected chi connectivity index (χ1v) is 11.5. The summed E-state index contributed by atoms with van der Waals surface area (Å²) in [5.74, 6) is 0.0996. The number of fused-ring (bicyclic) bond motifs is 1. The molecule has 0 radical (unpaired) electrons. The lowest BCUT2D eigenvalue weighted by molar-refractivity contribution is -0.132. The molecule has 168 valence electrons. The largest absolute Gasteiger partial charge is 0.370 e. The smallest absolute Gasteiger partial charge is 0.257 e. The highest BCUT2D eigenvalue weighted by molar-refractivity contribution is 6.07. The molecule has 2 aromatic rings. The lowest BCUT2D eigenvalue weighted by atomic mass is 9.81. The first-order valence-electron chi connectivity index (χ1n) is 11.5. The van der Waals surface area contributed by atoms with Crippen LogP contribution >= 0.6 is 0 Å². The number of anilines is 1. The second kappa shape index (κ2) is 8.78. The molecule has 2 aliphatic rings. The summed E-state index contributed by atoms with van der Waals surface area (Å²) < 4.78 is 0. The van der Waals surface area contributed by atoms with Crippen LogP contribution in [0.5, 0.6) is 0 Å². The number of hydrogen-bond donors (Lipinski definition) is 0. The number of aromatic nitrogens is 1. The Labute approximate surface area is 189 Å². The summed E-state index contributed by atoms with van der Waals surface area (Å²) in [4.78, 5) is 36.2. The van der Waals surface area contributed by atoms with E-state index in [2.05, 4.69) is 22.0 Å². The van der Waals surface area contributed by atoms with Crippen molar-refractivity contribution in [2.24, 2.45) is 5.41 Å². The molecule has 3 heterocycles. The normalized spacial score (nSPS) is 18.5. The maximum atomic E-state index is 13.6. The van der Waals surface area contributed by atoms with Crippen molar-refractivity contribution in [3.05, 3.63) is 35.5 Å². The molecule has 0 spiro atoms. The fourth-order valence-corrected chi connectivity index (χ4v) is 4.68. The van der Waals surface area contributed by atoms with Gasteiger partial charge in [-0.25, -0.2) is 0 Å². The average Bonchev–Trinajstić information content (AvgIpc) is 2.83. The standard InChI is InChI=1S/C25H31N5O2/c1-4-22(31)28-11-13-30(14-12-28)24(32)20-16-27-21-6-5-18(2)15-19(21)23(20)29-9-7-25(3,17-26)8-10-29/h5-6,15-16H,4,7-14H2,1-3H3. The maximum absolute atomic E-state index is 13.6. The van der Waals surface area contributed by atoms with E-state index in [0.29, 0.717) is 38.2 Å². The minimum atomic E-state index is -0.318. The van der Waals surface area contributed by atoms with Gasteiger partial charge in [0.1, 0.15) is 0 Å². The number of rotatable bonds is 3. The molecule has 0 unspecified atom stereocenters. The van der Waals surface area contributed by atoms with Crippen LogP contribution in [0.3, 0.4) is 0 Å². The zero-order chi connectivity index (χ0) is 22.9. The average molecular weight is 434 g/mol. The Bertz CT molecular complexity index is 1070. The van der Waals surface area contributed by atoms with Gasteiger partial charge in [0, 0.05) is 57.3 Å². The number of nitrogens with zero attached hydrogens (tertiary/aromatic N) is 5. The molecule has 0 atom stereocenters. The molecule has 1 aromatic heterocycles. The summed E-state index contributed by atoms with van der Waals surface area (Å²) in [6.45, 7) is 9.59. The van der Waals surface area contributed by atoms with E-state index >= 15 is 0 Å². The van der Waals surface area contributed by atoms with Gasteiger partial charge in [0.25, 0.3) is 5.91 Å². The summed E-state index contributed by atoms with van der Waals surface area (Å²) >= 11 is 0. The van der Waals surface area contributed by atoms with Crippen molar-refractivity contribution in [1.29, 1.82) is 5.26 Å². The van der Waals surface area contributed by atoms with Crippen LogP contribution in [0.2, 0.25) is 0 Å². The predicted octanol–water partition coefficient (Wildman–Crippen LogP) is 3.37. The maximum Gasteiger partial charge on any atom is 0.257 e. The van der Waals surface area contributed by atoms with Crippen LogP contribution in [0.4, 0.5) is 5.69 Å². The number of benzene rings is 1. The van der Waals surface area contributed by atoms with Crippen molar-refractivity contribution < 1.29 is 9.59 Å². The van der Waals surface area contributed by atoms with Gasteiger partial charge in [-0.3, -0.25) is 14.6 Å². The molecule has 1 aromatic carbocycles. The van der Waals surface area contributed by atoms with Gasteiger partial charge in [0.15, 0.2) is 0 Å². The van der Waals surface area contributed by atoms with E-state index < -0.39 is 0 Å². The molecule has 2 fully saturated rings. The molecule has 32 heavy (non-hydrogen) atoms. The van der Waals surface area contributed by atoms with Crippen LogP contribution in [-0.4, -0.2) is 65.9 Å². The SMILES string of the molecule is CCC(=O)N1CCN(C(=O)c2cnc3ccc(C)cc3c2N2CCC(C)(C#N)CC2)CC1. The molecule has 2 saturated heterocycles. The molecule has 7 heteroatoms. The molecule has 0 bridgehead atoms. The fourth-order valence-electron chi connectivity index (χ4n) is 4.68. The van der Waals surface area contributed by atoms with Crippen molar-refractivity contribution in [2.45, 2.75) is 40.0 Å². The zero-order valence-corrected chi connectivity index (χ0v) is 19.2. The van der Waals surface area contributed by atoms with E-state index in [1.807, 2.05) is 42.7 Å². The van der Waals surface area contributed by atoms with Crippen molar-refractivity contribution in [3.63, 3.8) is 0 Å². The number of pyridine rings is 1. The highest BCUT2D eigenvalue weighted by Gasteiger charge is 2.33. The summed E-state index contributed by atoms with van der Waals surface area (Å²) in [7, 11) is 0. The molecule has 0 N–H and O–H groups in total. The predicted molar refractivity (Wildman–Crippen MR) is 124 cm³/mol. The van der Waals surface area contributed by atoms with Crippen LogP contribution in [0.25, 0.3) is 10.9 Å². The van der Waals surface area contributed by atoms with E-state index in [4.69, 9.17) is 0 Å². The lowest BCUT2D eigenvalue weighted by Gasteiger charge is -2.39. The Morgan fingerprint density at radius 3 is 2.38 bits per heavy atom. The van der Waals surface area contributed by atoms with E-state index in [1.54, 1.807) is 6.20 Å². The molecule has 2 aliphatic heterocycles. The Morgan fingerprint density at radius 1 is 1.09 bits per heavy atom. The van der Waals surface area contributed by atoms with Crippen molar-refractivity contribution >= 4 is 28.4 Å². The van der Waals surface area contributed by atoms with Crippen LogP contribution in [0.15, 0.2) is 24.4 Å². The van der Waals surface area contributed by atoms with Gasteiger partial charge in [0.2, 0.25) is 5.91 Å². The van der Waals surface area contributed by atoms with Crippen molar-refractivity contribution in [2.75, 3.05) is 44.2 Å². The molecule has 7 nitrogen and oxygen atoms in total. The van der Waals surface area contributed by atoms with Crippen LogP contribution < -0.4 is 4.90 Å². The summed E-state index contributed by atoms with van der Waals surface area (Å²) in [5.41, 5.74) is 3.21. The highest BCUT2D eigenvalue weighted by Crippen LogP contribution is 2.37. The van der Waals surface area contributed by atoms with E-state index in [0.717, 1.165) is 48.1 Å². The van der Waals surface area contributed by atoms with Gasteiger partial charge in [-0.2, -0.15) is 5.26 Å². The summed E-state index contributed by atoms with van der Waals surface area (Å²) in [5, 5.41) is 10.5. The summed E-state index contributed by atoms with van der Waals surface area (Å²) in [6, 6.07) is 8.60.